The fourth-order valence-electron chi connectivity index (χ4n) is 7.59. The van der Waals surface area contributed by atoms with E-state index in [1.54, 1.807) is 12.1 Å². The maximum atomic E-state index is 14.7. The summed E-state index contributed by atoms with van der Waals surface area (Å²) in [4.78, 5) is 3.95. The van der Waals surface area contributed by atoms with Crippen LogP contribution in [0.1, 0.15) is 58.2 Å². The number of nitrogens with zero attached hydrogens (tertiary/aromatic N) is 3. The van der Waals surface area contributed by atoms with Crippen LogP contribution in [0.4, 0.5) is 18.9 Å². The van der Waals surface area contributed by atoms with E-state index in [-0.39, 0.29) is 16.5 Å². The highest BCUT2D eigenvalue weighted by Crippen LogP contribution is 2.47. The van der Waals surface area contributed by atoms with Gasteiger partial charge in [-0.1, -0.05) is 102 Å². The van der Waals surface area contributed by atoms with Gasteiger partial charge in [-0.15, -0.1) is 0 Å². The van der Waals surface area contributed by atoms with Gasteiger partial charge in [-0.3, -0.25) is 0 Å². The largest absolute Gasteiger partial charge is 0.416 e. The molecule has 0 unspecified atom stereocenters. The third-order valence-corrected chi connectivity index (χ3v) is 10.3. The highest BCUT2D eigenvalue weighted by atomic mass is 19.4. The van der Waals surface area contributed by atoms with Gasteiger partial charge in [0, 0.05) is 32.8 Å². The molecule has 0 aliphatic carbocycles. The summed E-state index contributed by atoms with van der Waals surface area (Å²) in [5.41, 5.74) is 7.20. The van der Waals surface area contributed by atoms with Crippen LogP contribution in [0.3, 0.4) is 0 Å². The minimum atomic E-state index is -4.60. The fraction of sp³-hybridized carbons (Fsp3) is 0.196. The third-order valence-electron chi connectivity index (χ3n) is 10.3. The molecule has 0 aliphatic heterocycles. The van der Waals surface area contributed by atoms with Crippen LogP contribution in [0, 0.1) is 6.57 Å². The van der Waals surface area contributed by atoms with E-state index in [0.717, 1.165) is 55.2 Å². The predicted octanol–water partition coefficient (Wildman–Crippen LogP) is 13.7. The van der Waals surface area contributed by atoms with Crippen molar-refractivity contribution in [3.05, 3.63) is 149 Å². The van der Waals surface area contributed by atoms with Gasteiger partial charge in [0.15, 0.2) is 5.69 Å². The van der Waals surface area contributed by atoms with Crippen molar-refractivity contribution < 1.29 is 13.2 Å². The second kappa shape index (κ2) is 11.6. The van der Waals surface area contributed by atoms with Crippen molar-refractivity contribution in [1.82, 2.24) is 9.13 Å². The Bertz CT molecular complexity index is 2760. The standard InChI is InChI=1S/C46H38F3N3/c1-44(2,3)28-19-22-39-33(25-28)31-13-8-10-16-37(31)51(39)41-24-21-30(46(47,48)49)27-35(41)43-36(50-7)15-12-18-42(43)52-38-17-11-9-14-32(38)34-26-29(45(4,5)6)20-23-40(34)52/h8-27H,1-6H3. The van der Waals surface area contributed by atoms with Crippen molar-refractivity contribution in [3.63, 3.8) is 0 Å². The van der Waals surface area contributed by atoms with Gasteiger partial charge in [0.2, 0.25) is 0 Å². The highest BCUT2D eigenvalue weighted by Gasteiger charge is 2.33. The first-order valence-electron chi connectivity index (χ1n) is 17.5. The Morgan fingerprint density at radius 3 is 1.46 bits per heavy atom. The molecule has 0 saturated heterocycles. The Kier molecular flexibility index (Phi) is 7.45. The van der Waals surface area contributed by atoms with Crippen molar-refractivity contribution in [2.24, 2.45) is 0 Å². The normalized spacial score (nSPS) is 12.7. The molecule has 8 rings (SSSR count). The number of rotatable bonds is 3. The smallest absolute Gasteiger partial charge is 0.310 e. The van der Waals surface area contributed by atoms with E-state index < -0.39 is 11.7 Å². The first-order chi connectivity index (χ1) is 24.7. The molecule has 6 heteroatoms. The lowest BCUT2D eigenvalue weighted by Crippen LogP contribution is -2.10. The lowest BCUT2D eigenvalue weighted by Gasteiger charge is -2.22. The Hall–Kier alpha value is -5.80. The van der Waals surface area contributed by atoms with Crippen LogP contribution in [-0.4, -0.2) is 9.13 Å². The molecule has 0 atom stereocenters. The number of aromatic nitrogens is 2. The molecule has 258 valence electrons. The van der Waals surface area contributed by atoms with Gasteiger partial charge in [0.1, 0.15) is 0 Å². The summed E-state index contributed by atoms with van der Waals surface area (Å²) in [5, 5.41) is 4.10. The van der Waals surface area contributed by atoms with E-state index >= 15 is 0 Å². The van der Waals surface area contributed by atoms with Crippen LogP contribution in [0.15, 0.2) is 121 Å². The number of fused-ring (bicyclic) bond motifs is 6. The maximum Gasteiger partial charge on any atom is 0.416 e. The van der Waals surface area contributed by atoms with Gasteiger partial charge in [0.25, 0.3) is 0 Å². The average Bonchev–Trinajstić information content (AvgIpc) is 3.62. The van der Waals surface area contributed by atoms with Crippen LogP contribution >= 0.6 is 0 Å². The van der Waals surface area contributed by atoms with E-state index in [0.29, 0.717) is 22.5 Å². The molecule has 0 spiro atoms. The highest BCUT2D eigenvalue weighted by molar-refractivity contribution is 6.12. The lowest BCUT2D eigenvalue weighted by atomic mass is 9.86. The van der Waals surface area contributed by atoms with Crippen molar-refractivity contribution in [3.8, 4) is 22.5 Å². The van der Waals surface area contributed by atoms with Gasteiger partial charge >= 0.3 is 6.18 Å². The monoisotopic (exact) mass is 689 g/mol. The van der Waals surface area contributed by atoms with Crippen LogP contribution in [0.25, 0.3) is 71.0 Å². The van der Waals surface area contributed by atoms with E-state index in [2.05, 4.69) is 104 Å². The molecule has 3 nitrogen and oxygen atoms in total. The Labute approximate surface area is 301 Å². The molecule has 0 aliphatic rings. The van der Waals surface area contributed by atoms with E-state index in [1.165, 1.54) is 11.6 Å². The number of benzene rings is 6. The summed E-state index contributed by atoms with van der Waals surface area (Å²) in [6, 6.07) is 38.3. The summed E-state index contributed by atoms with van der Waals surface area (Å²) in [6.45, 7) is 21.4. The van der Waals surface area contributed by atoms with Crippen LogP contribution < -0.4 is 0 Å². The van der Waals surface area contributed by atoms with Crippen LogP contribution in [0.2, 0.25) is 0 Å². The van der Waals surface area contributed by atoms with Crippen molar-refractivity contribution in [2.75, 3.05) is 0 Å². The summed E-state index contributed by atoms with van der Waals surface area (Å²) >= 11 is 0. The van der Waals surface area contributed by atoms with Crippen molar-refractivity contribution in [2.45, 2.75) is 58.5 Å². The minimum absolute atomic E-state index is 0.0878. The molecule has 0 radical (unpaired) electrons. The van der Waals surface area contributed by atoms with Gasteiger partial charge < -0.3 is 9.13 Å². The Morgan fingerprint density at radius 2 is 0.962 bits per heavy atom. The number of para-hydroxylation sites is 2. The van der Waals surface area contributed by atoms with Gasteiger partial charge in [0.05, 0.1) is 39.9 Å². The molecule has 52 heavy (non-hydrogen) atoms. The second-order valence-corrected chi connectivity index (χ2v) is 15.7. The second-order valence-electron chi connectivity index (χ2n) is 15.7. The molecular formula is C46H38F3N3. The fourth-order valence-corrected chi connectivity index (χ4v) is 7.59. The number of halogens is 3. The van der Waals surface area contributed by atoms with E-state index in [1.807, 2.05) is 48.5 Å². The first kappa shape index (κ1) is 33.3. The lowest BCUT2D eigenvalue weighted by molar-refractivity contribution is -0.137. The molecule has 2 aromatic heterocycles. The summed E-state index contributed by atoms with van der Waals surface area (Å²) in [6.07, 6.45) is -4.60. The van der Waals surface area contributed by atoms with E-state index in [4.69, 9.17) is 6.57 Å². The first-order valence-corrected chi connectivity index (χ1v) is 17.5. The molecular weight excluding hydrogens is 652 g/mol. The third kappa shape index (κ3) is 5.26. The molecule has 0 amide bonds. The summed E-state index contributed by atoms with van der Waals surface area (Å²) < 4.78 is 48.1. The topological polar surface area (TPSA) is 14.2 Å². The maximum absolute atomic E-state index is 14.7. The van der Waals surface area contributed by atoms with Crippen molar-refractivity contribution in [1.29, 1.82) is 0 Å². The molecule has 0 bridgehead atoms. The van der Waals surface area contributed by atoms with E-state index in [9.17, 15) is 13.2 Å². The van der Waals surface area contributed by atoms with Gasteiger partial charge in [-0.2, -0.15) is 13.2 Å². The number of hydrogen-bond acceptors (Lipinski definition) is 0. The molecule has 8 aromatic rings. The quantitative estimate of drug-likeness (QED) is 0.164. The SMILES string of the molecule is [C-]#[N+]c1cccc(-n2c3ccccc3c3cc(C(C)(C)C)ccc32)c1-c1cc(C(F)(F)F)ccc1-n1c2ccccc2c2cc(C(C)(C)C)ccc21. The molecule has 0 fully saturated rings. The van der Waals surface area contributed by atoms with Crippen LogP contribution in [0.5, 0.6) is 0 Å². The Morgan fingerprint density at radius 1 is 0.481 bits per heavy atom. The number of alkyl halides is 3. The van der Waals surface area contributed by atoms with Crippen molar-refractivity contribution >= 4 is 49.3 Å². The number of hydrogen-bond donors (Lipinski definition) is 0. The zero-order chi connectivity index (χ0) is 36.7. The van der Waals surface area contributed by atoms with Gasteiger partial charge in [-0.25, -0.2) is 4.85 Å². The molecule has 0 N–H and O–H groups in total. The zero-order valence-electron chi connectivity index (χ0n) is 30.0. The Balaban J connectivity index is 1.51. The zero-order valence-corrected chi connectivity index (χ0v) is 30.0. The average molecular weight is 690 g/mol. The minimum Gasteiger partial charge on any atom is -0.310 e. The summed E-state index contributed by atoms with van der Waals surface area (Å²) in [5.74, 6) is 0. The predicted molar refractivity (Wildman–Crippen MR) is 209 cm³/mol. The van der Waals surface area contributed by atoms with Crippen LogP contribution in [-0.2, 0) is 17.0 Å². The molecule has 0 saturated carbocycles. The van der Waals surface area contributed by atoms with Gasteiger partial charge in [-0.05, 0) is 88.2 Å². The molecule has 2 heterocycles. The molecule has 6 aromatic carbocycles. The summed E-state index contributed by atoms with van der Waals surface area (Å²) in [7, 11) is 0.